The minimum absolute atomic E-state index is 0.557. The maximum Gasteiger partial charge on any atom is 0.151 e. The van der Waals surface area contributed by atoms with Gasteiger partial charge in [0.1, 0.15) is 5.75 Å². The van der Waals surface area contributed by atoms with Crippen molar-refractivity contribution in [3.8, 4) is 11.5 Å². The number of nitrogen functional groups attached to an aromatic ring is 1. The number of halogens is 1. The van der Waals surface area contributed by atoms with Gasteiger partial charge in [0.2, 0.25) is 0 Å². The molecule has 0 saturated heterocycles. The Bertz CT molecular complexity index is 570. The zero-order valence-electron chi connectivity index (χ0n) is 10.4. The van der Waals surface area contributed by atoms with Crippen molar-refractivity contribution in [3.63, 3.8) is 0 Å². The van der Waals surface area contributed by atoms with E-state index in [4.69, 9.17) is 22.1 Å². The van der Waals surface area contributed by atoms with Gasteiger partial charge >= 0.3 is 0 Å². The van der Waals surface area contributed by atoms with Gasteiger partial charge in [0, 0.05) is 16.8 Å². The quantitative estimate of drug-likeness (QED) is 0.851. The van der Waals surface area contributed by atoms with Gasteiger partial charge in [0.05, 0.1) is 11.4 Å². The lowest BCUT2D eigenvalue weighted by Gasteiger charge is -2.12. The van der Waals surface area contributed by atoms with E-state index in [9.17, 15) is 0 Å². The van der Waals surface area contributed by atoms with E-state index < -0.39 is 0 Å². The van der Waals surface area contributed by atoms with Gasteiger partial charge in [-0.05, 0) is 37.6 Å². The maximum atomic E-state index is 5.93. The first kappa shape index (κ1) is 12.7. The molecule has 2 aromatic rings. The molecule has 2 rings (SSSR count). The van der Waals surface area contributed by atoms with E-state index >= 15 is 0 Å². The molecule has 0 atom stereocenters. The van der Waals surface area contributed by atoms with E-state index in [-0.39, 0.29) is 0 Å². The molecule has 0 amide bonds. The van der Waals surface area contributed by atoms with E-state index in [1.165, 1.54) is 0 Å². The summed E-state index contributed by atoms with van der Waals surface area (Å²) in [7, 11) is 0. The molecule has 0 aliphatic heterocycles. The molecule has 94 valence electrons. The average Bonchev–Trinajstić information content (AvgIpc) is 2.36. The van der Waals surface area contributed by atoms with Crippen molar-refractivity contribution in [2.45, 2.75) is 20.3 Å². The summed E-state index contributed by atoms with van der Waals surface area (Å²) in [6.45, 7) is 3.99. The molecule has 0 fully saturated rings. The van der Waals surface area contributed by atoms with Crippen LogP contribution in [0, 0.1) is 6.92 Å². The molecule has 1 heterocycles. The molecule has 0 unspecified atom stereocenters. The van der Waals surface area contributed by atoms with Crippen molar-refractivity contribution in [2.75, 3.05) is 5.73 Å². The van der Waals surface area contributed by atoms with Gasteiger partial charge < -0.3 is 10.5 Å². The third-order valence-electron chi connectivity index (χ3n) is 2.60. The number of aromatic nitrogens is 1. The number of hydrogen-bond acceptors (Lipinski definition) is 3. The van der Waals surface area contributed by atoms with Gasteiger partial charge in [-0.25, -0.2) is 0 Å². The molecule has 0 radical (unpaired) electrons. The second-order valence-corrected chi connectivity index (χ2v) is 4.47. The normalized spacial score (nSPS) is 10.4. The molecular weight excluding hydrogens is 248 g/mol. The first-order valence-corrected chi connectivity index (χ1v) is 6.17. The molecule has 2 N–H and O–H groups in total. The van der Waals surface area contributed by atoms with Crippen LogP contribution in [0.3, 0.4) is 0 Å². The zero-order valence-corrected chi connectivity index (χ0v) is 11.2. The van der Waals surface area contributed by atoms with Gasteiger partial charge in [-0.3, -0.25) is 4.98 Å². The molecule has 0 aliphatic carbocycles. The van der Waals surface area contributed by atoms with Crippen LogP contribution in [0.2, 0.25) is 5.02 Å². The number of aryl methyl sites for hydroxylation is 2. The van der Waals surface area contributed by atoms with Gasteiger partial charge in [-0.2, -0.15) is 0 Å². The molecule has 0 spiro atoms. The third kappa shape index (κ3) is 2.74. The highest BCUT2D eigenvalue weighted by Crippen LogP contribution is 2.31. The summed E-state index contributed by atoms with van der Waals surface area (Å²) in [6, 6.07) is 8.98. The Hall–Kier alpha value is -1.74. The summed E-state index contributed by atoms with van der Waals surface area (Å²) in [6.07, 6.45) is 0.803. The lowest BCUT2D eigenvalue weighted by Crippen LogP contribution is -1.97. The fourth-order valence-electron chi connectivity index (χ4n) is 1.66. The number of ether oxygens (including phenoxy) is 1. The van der Waals surface area contributed by atoms with Crippen molar-refractivity contribution in [3.05, 3.63) is 46.7 Å². The van der Waals surface area contributed by atoms with Crippen LogP contribution in [0.25, 0.3) is 0 Å². The van der Waals surface area contributed by atoms with E-state index in [1.807, 2.05) is 26.0 Å². The van der Waals surface area contributed by atoms with Crippen LogP contribution in [0.5, 0.6) is 11.5 Å². The highest BCUT2D eigenvalue weighted by Gasteiger charge is 2.08. The van der Waals surface area contributed by atoms with E-state index in [0.29, 0.717) is 16.5 Å². The summed E-state index contributed by atoms with van der Waals surface area (Å²) >= 11 is 5.93. The largest absolute Gasteiger partial charge is 0.453 e. The highest BCUT2D eigenvalue weighted by molar-refractivity contribution is 6.30. The number of rotatable bonds is 3. The zero-order chi connectivity index (χ0) is 13.1. The number of hydrogen-bond donors (Lipinski definition) is 1. The number of benzene rings is 1. The van der Waals surface area contributed by atoms with Gasteiger partial charge in [0.25, 0.3) is 0 Å². The summed E-state index contributed by atoms with van der Waals surface area (Å²) in [5.74, 6) is 1.28. The Labute approximate surface area is 112 Å². The summed E-state index contributed by atoms with van der Waals surface area (Å²) < 4.78 is 5.80. The van der Waals surface area contributed by atoms with Crippen LogP contribution >= 0.6 is 11.6 Å². The Kier molecular flexibility index (Phi) is 3.72. The van der Waals surface area contributed by atoms with Crippen LogP contribution in [-0.4, -0.2) is 4.98 Å². The number of pyridine rings is 1. The molecule has 0 aliphatic rings. The van der Waals surface area contributed by atoms with Crippen LogP contribution in [0.1, 0.15) is 18.3 Å². The Morgan fingerprint density at radius 1 is 1.22 bits per heavy atom. The van der Waals surface area contributed by atoms with E-state index in [2.05, 4.69) is 4.98 Å². The molecule has 3 nitrogen and oxygen atoms in total. The number of nitrogens with zero attached hydrogens (tertiary/aromatic N) is 1. The summed E-state index contributed by atoms with van der Waals surface area (Å²) in [5.41, 5.74) is 8.29. The fraction of sp³-hybridized carbons (Fsp3) is 0.214. The topological polar surface area (TPSA) is 48.1 Å². The van der Waals surface area contributed by atoms with Crippen molar-refractivity contribution in [2.24, 2.45) is 0 Å². The van der Waals surface area contributed by atoms with E-state index in [1.54, 1.807) is 18.2 Å². The summed E-state index contributed by atoms with van der Waals surface area (Å²) in [4.78, 5) is 4.44. The minimum atomic E-state index is 0.557. The molecule has 4 heteroatoms. The number of anilines is 1. The van der Waals surface area contributed by atoms with Crippen LogP contribution in [0.15, 0.2) is 30.3 Å². The molecule has 1 aromatic carbocycles. The van der Waals surface area contributed by atoms with Crippen LogP contribution in [-0.2, 0) is 6.42 Å². The maximum absolute atomic E-state index is 5.93. The predicted molar refractivity (Wildman–Crippen MR) is 74.3 cm³/mol. The van der Waals surface area contributed by atoms with E-state index in [0.717, 1.165) is 23.6 Å². The highest BCUT2D eigenvalue weighted by atomic mass is 35.5. The monoisotopic (exact) mass is 262 g/mol. The molecule has 18 heavy (non-hydrogen) atoms. The van der Waals surface area contributed by atoms with Crippen LogP contribution in [0.4, 0.5) is 5.69 Å². The lowest BCUT2D eigenvalue weighted by atomic mass is 10.2. The Morgan fingerprint density at radius 2 is 2.00 bits per heavy atom. The second kappa shape index (κ2) is 5.27. The van der Waals surface area contributed by atoms with Gasteiger partial charge in [-0.15, -0.1) is 0 Å². The van der Waals surface area contributed by atoms with Crippen molar-refractivity contribution >= 4 is 17.3 Å². The van der Waals surface area contributed by atoms with Gasteiger partial charge in [-0.1, -0.05) is 18.5 Å². The Balaban J connectivity index is 2.36. The molecule has 1 aromatic heterocycles. The predicted octanol–water partition coefficient (Wildman–Crippen LogP) is 3.98. The van der Waals surface area contributed by atoms with Crippen molar-refractivity contribution in [1.29, 1.82) is 0 Å². The van der Waals surface area contributed by atoms with Crippen molar-refractivity contribution < 1.29 is 4.74 Å². The SMILES string of the molecule is CCc1nc(C)ccc1Oc1cc(Cl)ccc1N. The molecule has 0 saturated carbocycles. The summed E-state index contributed by atoms with van der Waals surface area (Å²) in [5, 5.41) is 0.595. The molecular formula is C14H15ClN2O. The first-order valence-electron chi connectivity index (χ1n) is 5.79. The standard InChI is InChI=1S/C14H15ClN2O/c1-3-12-13(7-4-9(2)17-12)18-14-8-10(15)5-6-11(14)16/h4-8H,3,16H2,1-2H3. The average molecular weight is 263 g/mol. The van der Waals surface area contributed by atoms with Crippen LogP contribution < -0.4 is 10.5 Å². The second-order valence-electron chi connectivity index (χ2n) is 4.04. The Morgan fingerprint density at radius 3 is 2.72 bits per heavy atom. The smallest absolute Gasteiger partial charge is 0.151 e. The molecule has 0 bridgehead atoms. The third-order valence-corrected chi connectivity index (χ3v) is 2.84. The fourth-order valence-corrected chi connectivity index (χ4v) is 1.82. The van der Waals surface area contributed by atoms with Crippen molar-refractivity contribution in [1.82, 2.24) is 4.98 Å². The number of nitrogens with two attached hydrogens (primary N) is 1. The van der Waals surface area contributed by atoms with Gasteiger partial charge in [0.15, 0.2) is 5.75 Å². The lowest BCUT2D eigenvalue weighted by molar-refractivity contribution is 0.475. The minimum Gasteiger partial charge on any atom is -0.453 e. The first-order chi connectivity index (χ1) is 8.60.